The molecule has 6 heterocycles. The number of piperidine rings is 1. The molecule has 1 saturated heterocycles. The molecule has 0 aliphatic carbocycles. The summed E-state index contributed by atoms with van der Waals surface area (Å²) >= 11 is 0. The fraction of sp³-hybridized carbons (Fsp3) is 0.543. The van der Waals surface area contributed by atoms with Gasteiger partial charge in [0.1, 0.15) is 24.6 Å². The molecule has 0 aromatic heterocycles. The molecule has 6 aliphatic heterocycles. The average molecular weight is 920 g/mol. The van der Waals surface area contributed by atoms with Crippen LogP contribution in [0.4, 0.5) is 30.9 Å². The number of benzene rings is 3. The van der Waals surface area contributed by atoms with Gasteiger partial charge in [-0.15, -0.1) is 0 Å². The first kappa shape index (κ1) is 45.8. The first-order valence-electron chi connectivity index (χ1n) is 22.4. The van der Waals surface area contributed by atoms with Crippen LogP contribution in [0.15, 0.2) is 36.4 Å². The second-order valence-corrected chi connectivity index (χ2v) is 21.3. The molecule has 9 rings (SSSR count). The molecule has 1 amide bonds. The number of hydrogen-bond donors (Lipinski definition) is 0. The number of aryl methyl sites for hydroxylation is 2. The molecule has 17 heteroatoms. The number of rotatable bonds is 10. The van der Waals surface area contributed by atoms with Crippen molar-refractivity contribution in [1.82, 2.24) is 14.1 Å². The predicted octanol–water partition coefficient (Wildman–Crippen LogP) is 10.4. The van der Waals surface area contributed by atoms with Crippen LogP contribution < -0.4 is 24.8 Å². The van der Waals surface area contributed by atoms with Crippen molar-refractivity contribution in [3.8, 4) is 17.6 Å². The van der Waals surface area contributed by atoms with Crippen molar-refractivity contribution >= 4 is 33.5 Å². The molecular weight excluding hydrogens is 862 g/mol. The van der Waals surface area contributed by atoms with Crippen molar-refractivity contribution < 1.29 is 43.8 Å². The summed E-state index contributed by atoms with van der Waals surface area (Å²) < 4.78 is 84.3. The molecular formula is C46H57F6N5O4P2. The van der Waals surface area contributed by atoms with Crippen molar-refractivity contribution in [2.24, 2.45) is 0 Å². The van der Waals surface area contributed by atoms with Gasteiger partial charge in [-0.25, -0.2) is 9.25 Å². The Morgan fingerprint density at radius 1 is 0.873 bits per heavy atom. The summed E-state index contributed by atoms with van der Waals surface area (Å²) in [6.45, 7) is 14.7. The number of fused-ring (bicyclic) bond motifs is 4. The number of nitrogens with zero attached hydrogens (tertiary/aromatic N) is 5. The summed E-state index contributed by atoms with van der Waals surface area (Å²) in [6.07, 6.45) is 10.6. The zero-order valence-electron chi connectivity index (χ0n) is 36.5. The number of likely N-dealkylation sites (tertiary alicyclic amines) is 1. The molecule has 3 aromatic carbocycles. The zero-order valence-corrected chi connectivity index (χ0v) is 38.2. The predicted molar refractivity (Wildman–Crippen MR) is 236 cm³/mol. The molecule has 0 radical (unpaired) electrons. The van der Waals surface area contributed by atoms with E-state index in [1.54, 1.807) is 0 Å². The molecule has 1 fully saturated rings. The number of ether oxygens (including phenoxy) is 1. The Kier molecular flexibility index (Phi) is 12.5. The molecule has 0 bridgehead atoms. The number of nitriles is 1. The minimum atomic E-state index is -10.7. The average Bonchev–Trinajstić information content (AvgIpc) is 3.22. The third kappa shape index (κ3) is 10.2. The molecule has 342 valence electrons. The van der Waals surface area contributed by atoms with Gasteiger partial charge in [-0.1, -0.05) is 18.2 Å². The maximum absolute atomic E-state index is 14.9. The van der Waals surface area contributed by atoms with Gasteiger partial charge in [0.05, 0.1) is 30.8 Å². The van der Waals surface area contributed by atoms with Gasteiger partial charge in [0.2, 0.25) is 5.36 Å². The van der Waals surface area contributed by atoms with Crippen molar-refractivity contribution in [2.75, 3.05) is 50.8 Å². The van der Waals surface area contributed by atoms with Crippen LogP contribution in [0.25, 0.3) is 5.57 Å². The van der Waals surface area contributed by atoms with Gasteiger partial charge in [-0.05, 0) is 108 Å². The molecule has 9 nitrogen and oxygen atoms in total. The summed E-state index contributed by atoms with van der Waals surface area (Å²) in [7, 11) is -12.0. The van der Waals surface area contributed by atoms with Crippen molar-refractivity contribution in [3.63, 3.8) is 0 Å². The van der Waals surface area contributed by atoms with Gasteiger partial charge < -0.3 is 23.6 Å². The van der Waals surface area contributed by atoms with Gasteiger partial charge in [-0.2, -0.15) is 5.26 Å². The standard InChI is InChI=1S/C46H57N5O4P.F6P/c1-30(2)51(31(3)4)56(53-27-11-20-47)55-34-18-25-50(26-19-34)46(52)36-15-6-5-14-35(36)41-39-28-32-12-7-21-48-23-9-16-37(42(32)48)44(39)54-45-38-17-10-24-49-22-8-13-33(43(38)49)29-40(41)45;1-7(2,3,4,5)6/h5-6,14-15,28-31,34H,7-13,16-19,21-27H2,1-4H3;/q+1;-1. The van der Waals surface area contributed by atoms with Crippen LogP contribution in [0.3, 0.4) is 0 Å². The third-order valence-electron chi connectivity index (χ3n) is 12.7. The van der Waals surface area contributed by atoms with Crippen LogP contribution in [0.1, 0.15) is 116 Å². The van der Waals surface area contributed by atoms with E-state index in [0.717, 1.165) is 117 Å². The summed E-state index contributed by atoms with van der Waals surface area (Å²) in [6, 6.07) is 15.9. The third-order valence-corrected chi connectivity index (χ3v) is 14.9. The fourth-order valence-electron chi connectivity index (χ4n) is 10.4. The van der Waals surface area contributed by atoms with E-state index in [9.17, 15) is 35.2 Å². The number of hydrogen-bond acceptors (Lipinski definition) is 7. The second kappa shape index (κ2) is 17.2. The first-order chi connectivity index (χ1) is 29.8. The van der Waals surface area contributed by atoms with E-state index < -0.39 is 16.3 Å². The summed E-state index contributed by atoms with van der Waals surface area (Å²) in [5.74, 6) is 2.12. The van der Waals surface area contributed by atoms with E-state index in [4.69, 9.17) is 13.8 Å². The van der Waals surface area contributed by atoms with Crippen molar-refractivity contribution in [2.45, 2.75) is 117 Å². The Labute approximate surface area is 366 Å². The van der Waals surface area contributed by atoms with Gasteiger partial charge in [0, 0.05) is 89.8 Å². The Balaban J connectivity index is 0.000000719. The monoisotopic (exact) mass is 919 g/mol. The topological polar surface area (TPSA) is 81.3 Å². The maximum atomic E-state index is 14.9. The van der Waals surface area contributed by atoms with Crippen LogP contribution in [0.2, 0.25) is 0 Å². The van der Waals surface area contributed by atoms with Crippen LogP contribution >= 0.6 is 16.3 Å². The summed E-state index contributed by atoms with van der Waals surface area (Å²) in [5, 5.41) is 11.7. The van der Waals surface area contributed by atoms with E-state index in [1.165, 1.54) is 46.1 Å². The molecule has 6 aliphatic rings. The molecule has 3 aromatic rings. The molecule has 0 saturated carbocycles. The van der Waals surface area contributed by atoms with Crippen molar-refractivity contribution in [3.05, 3.63) is 85.9 Å². The Bertz CT molecular complexity index is 2430. The number of carbonyl (C=O) groups excluding carboxylic acids is 1. The van der Waals surface area contributed by atoms with Crippen LogP contribution in [0, 0.1) is 11.3 Å². The van der Waals surface area contributed by atoms with Crippen LogP contribution in [0.5, 0.6) is 11.5 Å². The fourth-order valence-corrected chi connectivity index (χ4v) is 12.2. The van der Waals surface area contributed by atoms with E-state index in [2.05, 4.69) is 72.2 Å². The van der Waals surface area contributed by atoms with Crippen molar-refractivity contribution in [1.29, 1.82) is 5.26 Å². The number of carbonyl (C=O) groups is 1. The molecule has 1 unspecified atom stereocenters. The Morgan fingerprint density at radius 3 is 2.19 bits per heavy atom. The summed E-state index contributed by atoms with van der Waals surface area (Å²) in [5.41, 5.74) is 11.1. The molecule has 0 spiro atoms. The van der Waals surface area contributed by atoms with E-state index in [1.807, 2.05) is 17.0 Å². The molecule has 1 atom stereocenters. The first-order valence-corrected chi connectivity index (χ1v) is 25.6. The Morgan fingerprint density at radius 2 is 1.51 bits per heavy atom. The van der Waals surface area contributed by atoms with E-state index in [0.29, 0.717) is 26.1 Å². The number of anilines is 1. The second-order valence-electron chi connectivity index (χ2n) is 18.0. The van der Waals surface area contributed by atoms with Gasteiger partial charge in [0.25, 0.3) is 14.4 Å². The van der Waals surface area contributed by atoms with Gasteiger partial charge >= 0.3 is 33.0 Å². The number of amides is 1. The zero-order chi connectivity index (χ0) is 44.9. The number of halogens is 6. The SMILES string of the molecule is CC(C)N(C(C)C)P(OCCC#N)OC1CCN(C(=O)c2ccccc2C2=c3cc4c5c(c3Oc3c2cc2c6c3CCCN6CCC2)CCC[N+]=5CCC4)CC1.F[P-](F)(F)(F)(F)F. The van der Waals surface area contributed by atoms with Crippen LogP contribution in [-0.4, -0.2) is 79.5 Å². The van der Waals surface area contributed by atoms with Gasteiger partial charge in [0.15, 0.2) is 0 Å². The van der Waals surface area contributed by atoms with E-state index >= 15 is 0 Å². The molecule has 0 N–H and O–H groups in total. The Hall–Kier alpha value is -3.79. The summed E-state index contributed by atoms with van der Waals surface area (Å²) in [4.78, 5) is 19.5. The van der Waals surface area contributed by atoms with Crippen LogP contribution in [-0.2, 0) is 34.7 Å². The van der Waals surface area contributed by atoms with E-state index in [-0.39, 0.29) is 24.1 Å². The molecule has 63 heavy (non-hydrogen) atoms. The van der Waals surface area contributed by atoms with Gasteiger partial charge in [-0.3, -0.25) is 4.79 Å². The quantitative estimate of drug-likeness (QED) is 0.0678. The normalized spacial score (nSPS) is 19.7. The minimum absolute atomic E-state index is 0.0171.